The predicted molar refractivity (Wildman–Crippen MR) is 70.5 cm³/mol. The van der Waals surface area contributed by atoms with Crippen molar-refractivity contribution in [1.82, 2.24) is 5.32 Å². The maximum absolute atomic E-state index is 4.20. The molecule has 0 amide bonds. The van der Waals surface area contributed by atoms with Crippen LogP contribution in [0.3, 0.4) is 0 Å². The topological polar surface area (TPSA) is 24.4 Å². The normalized spacial score (nSPS) is 11.1. The summed E-state index contributed by atoms with van der Waals surface area (Å²) < 4.78 is 0. The zero-order chi connectivity index (χ0) is 11.6. The number of hydrogen-bond acceptors (Lipinski definition) is 2. The van der Waals surface area contributed by atoms with Gasteiger partial charge in [0.15, 0.2) is 0 Å². The highest BCUT2D eigenvalue weighted by atomic mass is 14.8. The molecule has 0 radical (unpaired) electrons. The number of rotatable bonds is 6. The molecular formula is C14H18N2. The zero-order valence-corrected chi connectivity index (χ0v) is 9.69. The minimum absolute atomic E-state index is 0.717. The molecule has 0 aliphatic carbocycles. The fourth-order valence-electron chi connectivity index (χ4n) is 1.29. The van der Waals surface area contributed by atoms with Gasteiger partial charge in [-0.05, 0) is 24.3 Å². The molecule has 0 bridgehead atoms. The summed E-state index contributed by atoms with van der Waals surface area (Å²) in [6.07, 6.45) is 7.34. The number of benzene rings is 1. The molecule has 84 valence electrons. The molecule has 0 aliphatic heterocycles. The smallest absolute Gasteiger partial charge is 0.0639 e. The van der Waals surface area contributed by atoms with Crippen LogP contribution in [0.25, 0.3) is 0 Å². The maximum atomic E-state index is 4.20. The van der Waals surface area contributed by atoms with Crippen LogP contribution in [0.15, 0.2) is 54.2 Å². The van der Waals surface area contributed by atoms with Gasteiger partial charge < -0.3 is 5.32 Å². The van der Waals surface area contributed by atoms with Crippen LogP contribution in [0, 0.1) is 0 Å². The van der Waals surface area contributed by atoms with E-state index >= 15 is 0 Å². The average Bonchev–Trinajstić information content (AvgIpc) is 2.32. The summed E-state index contributed by atoms with van der Waals surface area (Å²) in [6, 6.07) is 8.45. The second-order valence-electron chi connectivity index (χ2n) is 3.42. The van der Waals surface area contributed by atoms with Crippen molar-refractivity contribution in [2.45, 2.75) is 20.0 Å². The van der Waals surface area contributed by atoms with Gasteiger partial charge in [-0.3, -0.25) is 4.99 Å². The van der Waals surface area contributed by atoms with Crippen molar-refractivity contribution in [3.63, 3.8) is 0 Å². The summed E-state index contributed by atoms with van der Waals surface area (Å²) in [4.78, 5) is 4.20. The summed E-state index contributed by atoms with van der Waals surface area (Å²) in [7, 11) is 0. The molecule has 0 atom stereocenters. The Hall–Kier alpha value is -1.83. The lowest BCUT2D eigenvalue weighted by molar-refractivity contribution is 0.866. The first-order chi connectivity index (χ1) is 7.86. The summed E-state index contributed by atoms with van der Waals surface area (Å²) >= 11 is 0. The molecule has 0 heterocycles. The molecule has 1 aromatic carbocycles. The van der Waals surface area contributed by atoms with Crippen molar-refractivity contribution in [2.24, 2.45) is 4.99 Å². The molecule has 0 aliphatic rings. The second-order valence-corrected chi connectivity index (χ2v) is 3.42. The van der Waals surface area contributed by atoms with E-state index in [2.05, 4.69) is 41.2 Å². The van der Waals surface area contributed by atoms with Gasteiger partial charge in [0.05, 0.1) is 6.54 Å². The van der Waals surface area contributed by atoms with Crippen molar-refractivity contribution in [3.8, 4) is 0 Å². The van der Waals surface area contributed by atoms with Crippen LogP contribution < -0.4 is 5.32 Å². The molecule has 0 fully saturated rings. The number of allylic oxidation sites excluding steroid dienone is 2. The number of aliphatic imine (C=N–C) groups is 1. The third kappa shape index (κ3) is 4.60. The number of nitrogens with zero attached hydrogens (tertiary/aromatic N) is 1. The van der Waals surface area contributed by atoms with Crippen LogP contribution in [0.1, 0.15) is 18.1 Å². The fraction of sp³-hybridized carbons (Fsp3) is 0.214. The lowest BCUT2D eigenvalue weighted by Crippen LogP contribution is -2.03. The Morgan fingerprint density at radius 2 is 1.94 bits per heavy atom. The molecule has 0 saturated carbocycles. The third-order valence-corrected chi connectivity index (χ3v) is 2.10. The Labute approximate surface area is 97.4 Å². The van der Waals surface area contributed by atoms with Gasteiger partial charge in [-0.2, -0.15) is 0 Å². The largest absolute Gasteiger partial charge is 0.387 e. The van der Waals surface area contributed by atoms with Gasteiger partial charge in [-0.1, -0.05) is 43.0 Å². The van der Waals surface area contributed by atoms with Gasteiger partial charge in [0, 0.05) is 12.8 Å². The van der Waals surface area contributed by atoms with E-state index in [1.807, 2.05) is 19.2 Å². The molecular weight excluding hydrogens is 196 g/mol. The molecule has 16 heavy (non-hydrogen) atoms. The van der Waals surface area contributed by atoms with Crippen molar-refractivity contribution in [1.29, 1.82) is 0 Å². The minimum atomic E-state index is 0.717. The van der Waals surface area contributed by atoms with E-state index in [1.165, 1.54) is 11.1 Å². The highest BCUT2D eigenvalue weighted by Gasteiger charge is 1.92. The zero-order valence-electron chi connectivity index (χ0n) is 9.69. The summed E-state index contributed by atoms with van der Waals surface area (Å²) in [6.45, 7) is 7.16. The summed E-state index contributed by atoms with van der Waals surface area (Å²) in [5.74, 6) is 0. The first-order valence-corrected chi connectivity index (χ1v) is 5.40. The van der Waals surface area contributed by atoms with Crippen LogP contribution in [-0.4, -0.2) is 6.21 Å². The molecule has 0 spiro atoms. The number of hydrogen-bond donors (Lipinski definition) is 1. The van der Waals surface area contributed by atoms with Crippen molar-refractivity contribution >= 4 is 6.21 Å². The van der Waals surface area contributed by atoms with E-state index in [4.69, 9.17) is 0 Å². The van der Waals surface area contributed by atoms with Crippen LogP contribution in [0.4, 0.5) is 0 Å². The lowest BCUT2D eigenvalue weighted by Gasteiger charge is -2.02. The summed E-state index contributed by atoms with van der Waals surface area (Å²) in [5.41, 5.74) is 2.49. The first kappa shape index (κ1) is 12.2. The van der Waals surface area contributed by atoms with Gasteiger partial charge >= 0.3 is 0 Å². The molecule has 0 saturated heterocycles. The highest BCUT2D eigenvalue weighted by molar-refractivity contribution is 5.69. The Bertz CT molecular complexity index is 361. The van der Waals surface area contributed by atoms with Crippen molar-refractivity contribution in [2.75, 3.05) is 0 Å². The Balaban J connectivity index is 2.47. The molecule has 0 unspecified atom stereocenters. The van der Waals surface area contributed by atoms with Gasteiger partial charge in [-0.15, -0.1) is 0 Å². The molecule has 0 aromatic heterocycles. The van der Waals surface area contributed by atoms with Crippen molar-refractivity contribution < 1.29 is 0 Å². The monoisotopic (exact) mass is 214 g/mol. The number of nitrogens with one attached hydrogen (secondary N) is 1. The van der Waals surface area contributed by atoms with Crippen LogP contribution >= 0.6 is 0 Å². The minimum Gasteiger partial charge on any atom is -0.387 e. The van der Waals surface area contributed by atoms with E-state index in [0.717, 1.165) is 6.54 Å². The predicted octanol–water partition coefficient (Wildman–Crippen LogP) is 3.07. The Morgan fingerprint density at radius 1 is 1.25 bits per heavy atom. The van der Waals surface area contributed by atoms with E-state index in [1.54, 1.807) is 12.3 Å². The SMILES string of the molecule is C=C/C=N/Cc1ccc(CN/C=C\C)cc1. The van der Waals surface area contributed by atoms with Gasteiger partial charge in [0.1, 0.15) is 0 Å². The molecule has 2 nitrogen and oxygen atoms in total. The Morgan fingerprint density at radius 3 is 2.56 bits per heavy atom. The standard InChI is InChI=1S/C14H18N2/c1-3-9-15-11-13-5-7-14(8-6-13)12-16-10-4-2/h3-10,16H,1,11-12H2,2H3/b10-4-,15-9+. The maximum Gasteiger partial charge on any atom is 0.0639 e. The van der Waals surface area contributed by atoms with Crippen LogP contribution in [0.5, 0.6) is 0 Å². The second kappa shape index (κ2) is 7.46. The van der Waals surface area contributed by atoms with Crippen LogP contribution in [0.2, 0.25) is 0 Å². The lowest BCUT2D eigenvalue weighted by atomic mass is 10.1. The molecule has 1 rings (SSSR count). The van der Waals surface area contributed by atoms with E-state index in [0.29, 0.717) is 6.54 Å². The molecule has 1 N–H and O–H groups in total. The summed E-state index contributed by atoms with van der Waals surface area (Å²) in [5, 5.41) is 3.20. The van der Waals surface area contributed by atoms with E-state index in [-0.39, 0.29) is 0 Å². The fourth-order valence-corrected chi connectivity index (χ4v) is 1.29. The third-order valence-electron chi connectivity index (χ3n) is 2.10. The van der Waals surface area contributed by atoms with Crippen molar-refractivity contribution in [3.05, 3.63) is 60.3 Å². The van der Waals surface area contributed by atoms with Gasteiger partial charge in [0.2, 0.25) is 0 Å². The average molecular weight is 214 g/mol. The van der Waals surface area contributed by atoms with Crippen LogP contribution in [-0.2, 0) is 13.1 Å². The van der Waals surface area contributed by atoms with E-state index in [9.17, 15) is 0 Å². The molecule has 2 heteroatoms. The quantitative estimate of drug-likeness (QED) is 0.723. The highest BCUT2D eigenvalue weighted by Crippen LogP contribution is 2.05. The van der Waals surface area contributed by atoms with E-state index < -0.39 is 0 Å². The molecule has 1 aromatic rings. The van der Waals surface area contributed by atoms with Gasteiger partial charge in [-0.25, -0.2) is 0 Å². The first-order valence-electron chi connectivity index (χ1n) is 5.40. The Kier molecular flexibility index (Phi) is 5.71. The van der Waals surface area contributed by atoms with Gasteiger partial charge in [0.25, 0.3) is 0 Å².